The summed E-state index contributed by atoms with van der Waals surface area (Å²) < 4.78 is 13.3. The molecule has 0 aliphatic rings. The van der Waals surface area contributed by atoms with Crippen LogP contribution in [0.5, 0.6) is 0 Å². The highest BCUT2D eigenvalue weighted by Gasteiger charge is 2.07. The first-order valence-electron chi connectivity index (χ1n) is 6.51. The maximum absolute atomic E-state index is 13.3. The predicted molar refractivity (Wildman–Crippen MR) is 78.3 cm³/mol. The van der Waals surface area contributed by atoms with Crippen LogP contribution in [-0.2, 0) is 6.54 Å². The molecule has 0 heterocycles. The van der Waals surface area contributed by atoms with Crippen molar-refractivity contribution in [1.29, 1.82) is 0 Å². The summed E-state index contributed by atoms with van der Waals surface area (Å²) in [6, 6.07) is 15.0. The van der Waals surface area contributed by atoms with Crippen molar-refractivity contribution in [3.8, 4) is 0 Å². The molecule has 0 saturated carbocycles. The molecule has 1 N–H and O–H groups in total. The molecular weight excluding hydrogens is 239 g/mol. The van der Waals surface area contributed by atoms with E-state index in [1.54, 1.807) is 12.1 Å². The van der Waals surface area contributed by atoms with E-state index < -0.39 is 0 Å². The summed E-state index contributed by atoms with van der Waals surface area (Å²) in [7, 11) is 1.93. The average Bonchev–Trinajstić information content (AvgIpc) is 2.42. The van der Waals surface area contributed by atoms with Gasteiger partial charge in [0, 0.05) is 24.5 Å². The molecule has 2 rings (SSSR count). The second kappa shape index (κ2) is 6.34. The summed E-state index contributed by atoms with van der Waals surface area (Å²) >= 11 is 0. The van der Waals surface area contributed by atoms with Gasteiger partial charge in [0.1, 0.15) is 5.82 Å². The van der Waals surface area contributed by atoms with Crippen molar-refractivity contribution in [2.45, 2.75) is 13.5 Å². The van der Waals surface area contributed by atoms with E-state index in [0.717, 1.165) is 24.5 Å². The van der Waals surface area contributed by atoms with Gasteiger partial charge in [0.25, 0.3) is 0 Å². The van der Waals surface area contributed by atoms with Crippen molar-refractivity contribution in [2.24, 2.45) is 0 Å². The number of nitrogens with zero attached hydrogens (tertiary/aromatic N) is 1. The molecule has 0 bridgehead atoms. The number of halogens is 1. The second-order valence-electron chi connectivity index (χ2n) is 4.42. The van der Waals surface area contributed by atoms with Gasteiger partial charge in [0.05, 0.1) is 0 Å². The zero-order valence-electron chi connectivity index (χ0n) is 11.4. The minimum absolute atomic E-state index is 0.206. The average molecular weight is 258 g/mol. The third-order valence-corrected chi connectivity index (χ3v) is 3.07. The summed E-state index contributed by atoms with van der Waals surface area (Å²) in [5.74, 6) is -0.206. The first kappa shape index (κ1) is 13.6. The SMILES string of the molecule is CCN(c1ccc(CNC)cc1)c1cccc(F)c1. The Morgan fingerprint density at radius 2 is 1.79 bits per heavy atom. The van der Waals surface area contributed by atoms with Gasteiger partial charge in [-0.1, -0.05) is 18.2 Å². The van der Waals surface area contributed by atoms with Crippen molar-refractivity contribution in [1.82, 2.24) is 5.32 Å². The molecule has 0 fully saturated rings. The van der Waals surface area contributed by atoms with Crippen molar-refractivity contribution in [3.05, 3.63) is 59.9 Å². The van der Waals surface area contributed by atoms with Gasteiger partial charge < -0.3 is 10.2 Å². The van der Waals surface area contributed by atoms with Crippen LogP contribution in [0.3, 0.4) is 0 Å². The number of benzene rings is 2. The van der Waals surface area contributed by atoms with E-state index in [1.165, 1.54) is 11.6 Å². The summed E-state index contributed by atoms with van der Waals surface area (Å²) in [5.41, 5.74) is 3.19. The Morgan fingerprint density at radius 3 is 2.37 bits per heavy atom. The van der Waals surface area contributed by atoms with Crippen LogP contribution in [0.1, 0.15) is 12.5 Å². The maximum atomic E-state index is 13.3. The van der Waals surface area contributed by atoms with Crippen molar-refractivity contribution < 1.29 is 4.39 Å². The molecule has 0 aromatic heterocycles. The molecule has 100 valence electrons. The Labute approximate surface area is 113 Å². The van der Waals surface area contributed by atoms with E-state index in [9.17, 15) is 4.39 Å². The summed E-state index contributed by atoms with van der Waals surface area (Å²) in [6.45, 7) is 3.72. The lowest BCUT2D eigenvalue weighted by Gasteiger charge is -2.23. The van der Waals surface area contributed by atoms with Crippen LogP contribution in [0.2, 0.25) is 0 Å². The van der Waals surface area contributed by atoms with Gasteiger partial charge in [-0.15, -0.1) is 0 Å². The van der Waals surface area contributed by atoms with Crippen LogP contribution in [0.4, 0.5) is 15.8 Å². The third-order valence-electron chi connectivity index (χ3n) is 3.07. The van der Waals surface area contributed by atoms with Crippen LogP contribution in [0.25, 0.3) is 0 Å². The van der Waals surface area contributed by atoms with Crippen molar-refractivity contribution in [2.75, 3.05) is 18.5 Å². The number of anilines is 2. The van der Waals surface area contributed by atoms with Gasteiger partial charge in [-0.05, 0) is 49.9 Å². The molecule has 0 amide bonds. The van der Waals surface area contributed by atoms with Crippen molar-refractivity contribution >= 4 is 11.4 Å². The van der Waals surface area contributed by atoms with Crippen molar-refractivity contribution in [3.63, 3.8) is 0 Å². The Morgan fingerprint density at radius 1 is 1.05 bits per heavy atom. The van der Waals surface area contributed by atoms with Crippen LogP contribution >= 0.6 is 0 Å². The highest BCUT2D eigenvalue weighted by atomic mass is 19.1. The third kappa shape index (κ3) is 3.32. The molecule has 0 aliphatic carbocycles. The molecule has 2 aromatic carbocycles. The largest absolute Gasteiger partial charge is 0.342 e. The molecule has 0 unspecified atom stereocenters. The predicted octanol–water partition coefficient (Wildman–Crippen LogP) is 3.70. The second-order valence-corrected chi connectivity index (χ2v) is 4.42. The lowest BCUT2D eigenvalue weighted by molar-refractivity contribution is 0.627. The monoisotopic (exact) mass is 258 g/mol. The zero-order valence-corrected chi connectivity index (χ0v) is 11.4. The van der Waals surface area contributed by atoms with E-state index in [-0.39, 0.29) is 5.82 Å². The molecule has 0 aliphatic heterocycles. The fraction of sp³-hybridized carbons (Fsp3) is 0.250. The van der Waals surface area contributed by atoms with E-state index in [2.05, 4.69) is 41.4 Å². The molecule has 0 radical (unpaired) electrons. The van der Waals surface area contributed by atoms with Gasteiger partial charge >= 0.3 is 0 Å². The maximum Gasteiger partial charge on any atom is 0.125 e. The van der Waals surface area contributed by atoms with E-state index >= 15 is 0 Å². The molecular formula is C16H19FN2. The summed E-state index contributed by atoms with van der Waals surface area (Å²) in [4.78, 5) is 2.09. The van der Waals surface area contributed by atoms with Gasteiger partial charge in [-0.3, -0.25) is 0 Å². The van der Waals surface area contributed by atoms with E-state index in [4.69, 9.17) is 0 Å². The number of nitrogens with one attached hydrogen (secondary N) is 1. The molecule has 0 atom stereocenters. The smallest absolute Gasteiger partial charge is 0.125 e. The minimum atomic E-state index is -0.206. The number of rotatable bonds is 5. The fourth-order valence-corrected chi connectivity index (χ4v) is 2.16. The summed E-state index contributed by atoms with van der Waals surface area (Å²) in [6.07, 6.45) is 0. The number of hydrogen-bond acceptors (Lipinski definition) is 2. The molecule has 2 aromatic rings. The fourth-order valence-electron chi connectivity index (χ4n) is 2.16. The van der Waals surface area contributed by atoms with Crippen LogP contribution in [0, 0.1) is 5.82 Å². The molecule has 0 spiro atoms. The first-order chi connectivity index (χ1) is 9.24. The normalized spacial score (nSPS) is 10.5. The summed E-state index contributed by atoms with van der Waals surface area (Å²) in [5, 5.41) is 3.12. The highest BCUT2D eigenvalue weighted by Crippen LogP contribution is 2.25. The Balaban J connectivity index is 2.26. The van der Waals surface area contributed by atoms with Gasteiger partial charge in [-0.2, -0.15) is 0 Å². The first-order valence-corrected chi connectivity index (χ1v) is 6.51. The van der Waals surface area contributed by atoms with Gasteiger partial charge in [0.2, 0.25) is 0 Å². The van der Waals surface area contributed by atoms with E-state index in [0.29, 0.717) is 0 Å². The molecule has 3 heteroatoms. The van der Waals surface area contributed by atoms with E-state index in [1.807, 2.05) is 13.1 Å². The zero-order chi connectivity index (χ0) is 13.7. The standard InChI is InChI=1S/C16H19FN2/c1-3-19(16-6-4-5-14(17)11-16)15-9-7-13(8-10-15)12-18-2/h4-11,18H,3,12H2,1-2H3. The Bertz CT molecular complexity index is 523. The molecule has 2 nitrogen and oxygen atoms in total. The molecule has 19 heavy (non-hydrogen) atoms. The Kier molecular flexibility index (Phi) is 4.53. The highest BCUT2D eigenvalue weighted by molar-refractivity contribution is 5.63. The lowest BCUT2D eigenvalue weighted by atomic mass is 10.1. The quantitative estimate of drug-likeness (QED) is 0.879. The van der Waals surface area contributed by atoms with Crippen LogP contribution < -0.4 is 10.2 Å². The van der Waals surface area contributed by atoms with Gasteiger partial charge in [-0.25, -0.2) is 4.39 Å². The van der Waals surface area contributed by atoms with Gasteiger partial charge in [0.15, 0.2) is 0 Å². The number of hydrogen-bond donors (Lipinski definition) is 1. The molecule has 0 saturated heterocycles. The minimum Gasteiger partial charge on any atom is -0.342 e. The lowest BCUT2D eigenvalue weighted by Crippen LogP contribution is -2.16. The Hall–Kier alpha value is -1.87. The van der Waals surface area contributed by atoms with Crippen LogP contribution in [0.15, 0.2) is 48.5 Å². The topological polar surface area (TPSA) is 15.3 Å². The van der Waals surface area contributed by atoms with Crippen LogP contribution in [-0.4, -0.2) is 13.6 Å².